The van der Waals surface area contributed by atoms with Gasteiger partial charge in [-0.3, -0.25) is 4.79 Å². The van der Waals surface area contributed by atoms with Crippen molar-refractivity contribution < 1.29 is 53.4 Å². The lowest BCUT2D eigenvalue weighted by molar-refractivity contribution is -0.155. The van der Waals surface area contributed by atoms with Gasteiger partial charge in [-0.05, 0) is 49.8 Å². The van der Waals surface area contributed by atoms with Crippen LogP contribution in [0.15, 0.2) is 47.1 Å². The molecule has 5 N–H and O–H groups in total. The van der Waals surface area contributed by atoms with E-state index >= 15 is 0 Å². The van der Waals surface area contributed by atoms with E-state index in [2.05, 4.69) is 10.5 Å². The van der Waals surface area contributed by atoms with E-state index in [1.54, 1.807) is 25.1 Å². The maximum Gasteiger partial charge on any atom is 0.247 e. The van der Waals surface area contributed by atoms with Crippen LogP contribution in [0.5, 0.6) is 5.75 Å². The van der Waals surface area contributed by atoms with Crippen LogP contribution in [0, 0.1) is 5.82 Å². The molecule has 3 aliphatic rings. The number of halogens is 3. The van der Waals surface area contributed by atoms with Crippen LogP contribution in [0.1, 0.15) is 31.4 Å². The highest BCUT2D eigenvalue weighted by molar-refractivity contribution is 6.35. The maximum absolute atomic E-state index is 15.0. The fourth-order valence-electron chi connectivity index (χ4n) is 5.28. The maximum atomic E-state index is 15.0. The predicted octanol–water partition coefficient (Wildman–Crippen LogP) is 2.31. The second-order valence-electron chi connectivity index (χ2n) is 11.0. The lowest BCUT2D eigenvalue weighted by atomic mass is 9.83. The smallest absolute Gasteiger partial charge is 0.247 e. The van der Waals surface area contributed by atoms with Crippen molar-refractivity contribution >= 4 is 40.9 Å². The lowest BCUT2D eigenvalue weighted by Gasteiger charge is -2.41. The molecule has 1 aliphatic carbocycles. The molecule has 15 heteroatoms. The van der Waals surface area contributed by atoms with Crippen molar-refractivity contribution in [3.05, 3.63) is 69.0 Å². The normalized spacial score (nSPS) is 31.9. The summed E-state index contributed by atoms with van der Waals surface area (Å²) in [6.45, 7) is 3.07. The number of benzene rings is 2. The van der Waals surface area contributed by atoms with Crippen LogP contribution >= 0.6 is 23.2 Å². The minimum atomic E-state index is -1.50. The van der Waals surface area contributed by atoms with Gasteiger partial charge in [-0.1, -0.05) is 40.5 Å². The predicted molar refractivity (Wildman–Crippen MR) is 159 cm³/mol. The van der Waals surface area contributed by atoms with E-state index in [0.717, 1.165) is 6.07 Å². The Labute approximate surface area is 267 Å². The van der Waals surface area contributed by atoms with E-state index < -0.39 is 66.8 Å². The Kier molecular flexibility index (Phi) is 10.6. The molecule has 12 nitrogen and oxygen atoms in total. The third-order valence-electron chi connectivity index (χ3n) is 7.82. The Morgan fingerprint density at radius 1 is 1.07 bits per heavy atom. The average Bonchev–Trinajstić information content (AvgIpc) is 3.64. The van der Waals surface area contributed by atoms with Gasteiger partial charge in [-0.15, -0.1) is 0 Å². The number of hydrogen-bond donors (Lipinski definition) is 5. The average molecular weight is 672 g/mol. The molecule has 2 aliphatic heterocycles. The molecular formula is C30H33Cl2FN2O10. The summed E-state index contributed by atoms with van der Waals surface area (Å²) >= 11 is 12.0. The Bertz CT molecular complexity index is 1460. The summed E-state index contributed by atoms with van der Waals surface area (Å²) in [6, 6.07) is 7.73. The highest BCUT2D eigenvalue weighted by Gasteiger charge is 2.53. The van der Waals surface area contributed by atoms with Gasteiger partial charge in [0, 0.05) is 27.6 Å². The molecule has 5 rings (SSSR count). The number of rotatable bonds is 9. The van der Waals surface area contributed by atoms with Crippen LogP contribution in [0.3, 0.4) is 0 Å². The van der Waals surface area contributed by atoms with Crippen LogP contribution in [-0.2, 0) is 30.4 Å². The zero-order chi connectivity index (χ0) is 32.4. The molecule has 0 aromatic heterocycles. The SMILES string of the molecule is CC(=Cc1ccc(O[C@@H]2O[C@H](C(C)=NOCc3ccc(Cl)cc3Cl)C[C@@H]2O)c(F)c1)C(=O)N[C@@H]1[C@H](O)[C@@H](O)[C@H]2OCO[C@H]2[C@@H]1O. The Hall–Kier alpha value is -2.85. The number of nitrogens with zero attached hydrogens (tertiary/aromatic N) is 1. The monoisotopic (exact) mass is 670 g/mol. The van der Waals surface area contributed by atoms with E-state index in [4.69, 9.17) is 47.0 Å². The zero-order valence-corrected chi connectivity index (χ0v) is 25.7. The topological polar surface area (TPSA) is 169 Å². The highest BCUT2D eigenvalue weighted by atomic mass is 35.5. The number of carbonyl (C=O) groups is 1. The van der Waals surface area contributed by atoms with E-state index in [1.807, 2.05) is 0 Å². The molecule has 0 bridgehead atoms. The number of hydrogen-bond acceptors (Lipinski definition) is 11. The molecule has 0 spiro atoms. The highest BCUT2D eigenvalue weighted by Crippen LogP contribution is 2.31. The number of ether oxygens (including phenoxy) is 4. The van der Waals surface area contributed by atoms with Gasteiger partial charge >= 0.3 is 0 Å². The first kappa shape index (κ1) is 33.5. The second kappa shape index (κ2) is 14.3. The van der Waals surface area contributed by atoms with Crippen LogP contribution in [0.2, 0.25) is 10.0 Å². The molecule has 2 aromatic carbocycles. The number of amides is 1. The Balaban J connectivity index is 1.16. The molecule has 0 unspecified atom stereocenters. The number of fused-ring (bicyclic) bond motifs is 1. The first-order valence-corrected chi connectivity index (χ1v) is 14.8. The molecular weight excluding hydrogens is 638 g/mol. The van der Waals surface area contributed by atoms with Crippen molar-refractivity contribution in [3.63, 3.8) is 0 Å². The molecule has 0 radical (unpaired) electrons. The van der Waals surface area contributed by atoms with Gasteiger partial charge in [0.25, 0.3) is 0 Å². The lowest BCUT2D eigenvalue weighted by Crippen LogP contribution is -2.67. The molecule has 2 heterocycles. The van der Waals surface area contributed by atoms with Crippen LogP contribution in [0.4, 0.5) is 4.39 Å². The number of oxime groups is 1. The minimum absolute atomic E-state index is 0.0918. The largest absolute Gasteiger partial charge is 0.459 e. The number of nitrogens with one attached hydrogen (secondary N) is 1. The second-order valence-corrected chi connectivity index (χ2v) is 11.9. The van der Waals surface area contributed by atoms with Crippen LogP contribution in [0.25, 0.3) is 6.08 Å². The molecule has 2 saturated heterocycles. The third-order valence-corrected chi connectivity index (χ3v) is 8.41. The summed E-state index contributed by atoms with van der Waals surface area (Å²) in [6.07, 6.45) is -7.39. The van der Waals surface area contributed by atoms with Gasteiger partial charge < -0.3 is 49.5 Å². The Morgan fingerprint density at radius 2 is 1.80 bits per heavy atom. The van der Waals surface area contributed by atoms with Crippen molar-refractivity contribution in [2.75, 3.05) is 6.79 Å². The molecule has 3 fully saturated rings. The number of aliphatic hydroxyl groups is 4. The fraction of sp³-hybridized carbons (Fsp3) is 0.467. The van der Waals surface area contributed by atoms with E-state index in [-0.39, 0.29) is 31.1 Å². The number of aliphatic hydroxyl groups excluding tert-OH is 4. The first-order chi connectivity index (χ1) is 21.4. The standard InChI is InChI=1S/C30H33Cl2FN2O10/c1-13(29(40)34-23-24(37)26(39)28-27(25(23)38)41-12-42-28)7-15-3-6-21(19(33)8-15)44-30-20(36)10-22(45-30)14(2)35-43-11-16-4-5-17(31)9-18(16)32/h3-9,20,22-28,30,36-39H,10-12H2,1-2H3,(H,34,40)/t20-,22-,23+,24-,25+,26+,27-,28+,30+/m0/s1. The minimum Gasteiger partial charge on any atom is -0.459 e. The summed E-state index contributed by atoms with van der Waals surface area (Å²) in [5.41, 5.74) is 1.57. The van der Waals surface area contributed by atoms with Crippen molar-refractivity contribution in [1.82, 2.24) is 5.32 Å². The molecule has 9 atom stereocenters. The summed E-state index contributed by atoms with van der Waals surface area (Å²) in [5.74, 6) is -1.61. The van der Waals surface area contributed by atoms with Crippen molar-refractivity contribution in [2.24, 2.45) is 5.16 Å². The van der Waals surface area contributed by atoms with Crippen LogP contribution < -0.4 is 10.1 Å². The fourth-order valence-corrected chi connectivity index (χ4v) is 5.74. The molecule has 2 aromatic rings. The number of carbonyl (C=O) groups excluding carboxylic acids is 1. The summed E-state index contributed by atoms with van der Waals surface area (Å²) in [4.78, 5) is 18.2. The van der Waals surface area contributed by atoms with Crippen molar-refractivity contribution in [1.29, 1.82) is 0 Å². The van der Waals surface area contributed by atoms with Crippen molar-refractivity contribution in [3.8, 4) is 5.75 Å². The Morgan fingerprint density at radius 3 is 2.51 bits per heavy atom. The molecule has 45 heavy (non-hydrogen) atoms. The van der Waals surface area contributed by atoms with Gasteiger partial charge in [-0.2, -0.15) is 0 Å². The molecule has 244 valence electrons. The van der Waals surface area contributed by atoms with E-state index in [1.165, 1.54) is 25.1 Å². The quantitative estimate of drug-likeness (QED) is 0.152. The van der Waals surface area contributed by atoms with Gasteiger partial charge in [0.1, 0.15) is 56.1 Å². The van der Waals surface area contributed by atoms with Gasteiger partial charge in [0.15, 0.2) is 11.6 Å². The molecule has 1 saturated carbocycles. The van der Waals surface area contributed by atoms with Gasteiger partial charge in [0.05, 0.1) is 11.8 Å². The first-order valence-electron chi connectivity index (χ1n) is 14.1. The summed E-state index contributed by atoms with van der Waals surface area (Å²) in [5, 5.41) is 49.3. The third kappa shape index (κ3) is 7.59. The summed E-state index contributed by atoms with van der Waals surface area (Å²) in [7, 11) is 0. The van der Waals surface area contributed by atoms with E-state index in [9.17, 15) is 29.6 Å². The van der Waals surface area contributed by atoms with Crippen LogP contribution in [-0.4, -0.2) is 93.9 Å². The zero-order valence-electron chi connectivity index (χ0n) is 24.2. The van der Waals surface area contributed by atoms with Crippen molar-refractivity contribution in [2.45, 2.75) is 81.9 Å². The van der Waals surface area contributed by atoms with E-state index in [0.29, 0.717) is 26.9 Å². The summed E-state index contributed by atoms with van der Waals surface area (Å²) < 4.78 is 36.8. The van der Waals surface area contributed by atoms with Gasteiger partial charge in [-0.25, -0.2) is 4.39 Å². The van der Waals surface area contributed by atoms with Gasteiger partial charge in [0.2, 0.25) is 12.2 Å². The molecule has 1 amide bonds.